The zero-order chi connectivity index (χ0) is 9.80. The average molecular weight is 190 g/mol. The van der Waals surface area contributed by atoms with Crippen molar-refractivity contribution >= 4 is 0 Å². The fourth-order valence-electron chi connectivity index (χ4n) is 1.18. The molecule has 0 aliphatic rings. The Hall–Kier alpha value is -1.91. The number of nitrogens with one attached hydrogen (secondary N) is 1. The lowest BCUT2D eigenvalue weighted by Crippen LogP contribution is -1.91. The van der Waals surface area contributed by atoms with Gasteiger partial charge in [0.25, 0.3) is 0 Å². The second kappa shape index (κ2) is 3.87. The minimum absolute atomic E-state index is 0.576. The van der Waals surface area contributed by atoms with E-state index in [9.17, 15) is 0 Å². The summed E-state index contributed by atoms with van der Waals surface area (Å²) >= 11 is 0. The van der Waals surface area contributed by atoms with Gasteiger partial charge in [-0.25, -0.2) is 0 Å². The van der Waals surface area contributed by atoms with Crippen molar-refractivity contribution in [1.82, 2.24) is 20.6 Å². The van der Waals surface area contributed by atoms with Crippen LogP contribution in [0, 0.1) is 0 Å². The molecule has 0 amide bonds. The molecular weight excluding hydrogens is 180 g/mol. The summed E-state index contributed by atoms with van der Waals surface area (Å²) in [5.74, 6) is 1.39. The highest BCUT2D eigenvalue weighted by atomic mass is 16.5. The van der Waals surface area contributed by atoms with E-state index >= 15 is 0 Å². The molecule has 2 rings (SSSR count). The van der Waals surface area contributed by atoms with Crippen LogP contribution in [0.2, 0.25) is 0 Å². The highest BCUT2D eigenvalue weighted by Gasteiger charge is 2.03. The SMILES string of the molecule is CCOc1cccc(-c2nn[nH]n2)c1. The second-order valence-corrected chi connectivity index (χ2v) is 2.70. The number of hydrogen-bond acceptors (Lipinski definition) is 4. The molecule has 1 N–H and O–H groups in total. The van der Waals surface area contributed by atoms with Gasteiger partial charge in [-0.05, 0) is 24.3 Å². The van der Waals surface area contributed by atoms with Gasteiger partial charge in [0.05, 0.1) is 6.61 Å². The smallest absolute Gasteiger partial charge is 0.204 e. The lowest BCUT2D eigenvalue weighted by atomic mass is 10.2. The summed E-state index contributed by atoms with van der Waals surface area (Å²) in [6.07, 6.45) is 0. The van der Waals surface area contributed by atoms with Gasteiger partial charge in [-0.1, -0.05) is 12.1 Å². The topological polar surface area (TPSA) is 63.7 Å². The lowest BCUT2D eigenvalue weighted by molar-refractivity contribution is 0.340. The Bertz CT molecular complexity index is 399. The monoisotopic (exact) mass is 190 g/mol. The normalized spacial score (nSPS) is 10.1. The zero-order valence-electron chi connectivity index (χ0n) is 7.77. The van der Waals surface area contributed by atoms with Crippen LogP contribution in [0.4, 0.5) is 0 Å². The molecule has 0 saturated heterocycles. The third-order valence-corrected chi connectivity index (χ3v) is 1.75. The number of tetrazole rings is 1. The van der Waals surface area contributed by atoms with Gasteiger partial charge in [-0.2, -0.15) is 5.21 Å². The van der Waals surface area contributed by atoms with Crippen LogP contribution in [-0.2, 0) is 0 Å². The van der Waals surface area contributed by atoms with E-state index in [0.717, 1.165) is 11.3 Å². The van der Waals surface area contributed by atoms with Gasteiger partial charge in [0.15, 0.2) is 0 Å². The minimum Gasteiger partial charge on any atom is -0.494 e. The largest absolute Gasteiger partial charge is 0.494 e. The maximum Gasteiger partial charge on any atom is 0.204 e. The molecule has 5 nitrogen and oxygen atoms in total. The molecule has 1 aromatic carbocycles. The maximum atomic E-state index is 5.36. The first-order valence-electron chi connectivity index (χ1n) is 4.37. The molecule has 5 heteroatoms. The van der Waals surface area contributed by atoms with E-state index in [1.54, 1.807) is 0 Å². The number of H-pyrrole nitrogens is 1. The van der Waals surface area contributed by atoms with Crippen molar-refractivity contribution in [1.29, 1.82) is 0 Å². The highest BCUT2D eigenvalue weighted by molar-refractivity contribution is 5.56. The fraction of sp³-hybridized carbons (Fsp3) is 0.222. The molecule has 1 aromatic heterocycles. The van der Waals surface area contributed by atoms with E-state index in [4.69, 9.17) is 4.74 Å². The van der Waals surface area contributed by atoms with E-state index in [-0.39, 0.29) is 0 Å². The summed E-state index contributed by atoms with van der Waals surface area (Å²) in [5.41, 5.74) is 0.893. The lowest BCUT2D eigenvalue weighted by Gasteiger charge is -2.02. The molecule has 0 aliphatic heterocycles. The minimum atomic E-state index is 0.576. The van der Waals surface area contributed by atoms with Crippen molar-refractivity contribution in [3.8, 4) is 17.1 Å². The van der Waals surface area contributed by atoms with Crippen LogP contribution in [0.3, 0.4) is 0 Å². The van der Waals surface area contributed by atoms with Crippen molar-refractivity contribution in [2.75, 3.05) is 6.61 Å². The highest BCUT2D eigenvalue weighted by Crippen LogP contribution is 2.19. The predicted octanol–water partition coefficient (Wildman–Crippen LogP) is 1.27. The first-order valence-corrected chi connectivity index (χ1v) is 4.37. The van der Waals surface area contributed by atoms with Crippen molar-refractivity contribution in [3.05, 3.63) is 24.3 Å². The van der Waals surface area contributed by atoms with E-state index in [1.165, 1.54) is 0 Å². The molecule has 0 spiro atoms. The van der Waals surface area contributed by atoms with Gasteiger partial charge in [0, 0.05) is 5.56 Å². The van der Waals surface area contributed by atoms with Crippen LogP contribution < -0.4 is 4.74 Å². The molecule has 1 heterocycles. The first kappa shape index (κ1) is 8.68. The van der Waals surface area contributed by atoms with Gasteiger partial charge in [-0.3, -0.25) is 0 Å². The van der Waals surface area contributed by atoms with Crippen molar-refractivity contribution < 1.29 is 4.74 Å². The summed E-state index contributed by atoms with van der Waals surface area (Å²) in [6.45, 7) is 2.59. The number of aromatic nitrogens is 4. The Morgan fingerprint density at radius 2 is 2.36 bits per heavy atom. The Labute approximate surface area is 81.1 Å². The zero-order valence-corrected chi connectivity index (χ0v) is 7.77. The molecule has 0 unspecified atom stereocenters. The quantitative estimate of drug-likeness (QED) is 0.791. The first-order chi connectivity index (χ1) is 6.90. The fourth-order valence-corrected chi connectivity index (χ4v) is 1.18. The molecule has 72 valence electrons. The summed E-state index contributed by atoms with van der Waals surface area (Å²) in [5, 5.41) is 13.7. The summed E-state index contributed by atoms with van der Waals surface area (Å²) in [7, 11) is 0. The Balaban J connectivity index is 2.31. The van der Waals surface area contributed by atoms with Crippen molar-refractivity contribution in [2.45, 2.75) is 6.92 Å². The second-order valence-electron chi connectivity index (χ2n) is 2.70. The number of nitrogens with zero attached hydrogens (tertiary/aromatic N) is 3. The van der Waals surface area contributed by atoms with E-state index < -0.39 is 0 Å². The van der Waals surface area contributed by atoms with Gasteiger partial charge in [-0.15, -0.1) is 10.2 Å². The molecular formula is C9H10N4O. The standard InChI is InChI=1S/C9H10N4O/c1-2-14-8-5-3-4-7(6-8)9-10-12-13-11-9/h3-6H,2H2,1H3,(H,10,11,12,13). The van der Waals surface area contributed by atoms with Crippen molar-refractivity contribution in [3.63, 3.8) is 0 Å². The van der Waals surface area contributed by atoms with Crippen LogP contribution >= 0.6 is 0 Å². The predicted molar refractivity (Wildman–Crippen MR) is 50.8 cm³/mol. The molecule has 14 heavy (non-hydrogen) atoms. The molecule has 0 fully saturated rings. The summed E-state index contributed by atoms with van der Waals surface area (Å²) in [6, 6.07) is 7.59. The summed E-state index contributed by atoms with van der Waals surface area (Å²) in [4.78, 5) is 0. The van der Waals surface area contributed by atoms with Gasteiger partial charge in [0.1, 0.15) is 5.75 Å². The number of benzene rings is 1. The number of hydrogen-bond donors (Lipinski definition) is 1. The molecule has 0 bridgehead atoms. The van der Waals surface area contributed by atoms with Crippen LogP contribution in [0.15, 0.2) is 24.3 Å². The Morgan fingerprint density at radius 3 is 3.07 bits per heavy atom. The molecule has 0 atom stereocenters. The van der Waals surface area contributed by atoms with Gasteiger partial charge in [0.2, 0.25) is 5.82 Å². The van der Waals surface area contributed by atoms with E-state index in [1.807, 2.05) is 31.2 Å². The summed E-state index contributed by atoms with van der Waals surface area (Å²) < 4.78 is 5.36. The van der Waals surface area contributed by atoms with Gasteiger partial charge >= 0.3 is 0 Å². The number of rotatable bonds is 3. The number of aromatic amines is 1. The van der Waals surface area contributed by atoms with E-state index in [2.05, 4.69) is 20.6 Å². The van der Waals surface area contributed by atoms with E-state index in [0.29, 0.717) is 12.4 Å². The van der Waals surface area contributed by atoms with Crippen LogP contribution in [0.1, 0.15) is 6.92 Å². The average Bonchev–Trinajstić information content (AvgIpc) is 2.71. The molecule has 0 radical (unpaired) electrons. The third-order valence-electron chi connectivity index (χ3n) is 1.75. The molecule has 0 saturated carbocycles. The van der Waals surface area contributed by atoms with Crippen molar-refractivity contribution in [2.24, 2.45) is 0 Å². The van der Waals surface area contributed by atoms with Crippen LogP contribution in [0.25, 0.3) is 11.4 Å². The van der Waals surface area contributed by atoms with Gasteiger partial charge < -0.3 is 4.74 Å². The number of ether oxygens (including phenoxy) is 1. The Kier molecular flexibility index (Phi) is 2.40. The molecule has 2 aromatic rings. The van der Waals surface area contributed by atoms with Crippen LogP contribution in [0.5, 0.6) is 5.75 Å². The third kappa shape index (κ3) is 1.71. The molecule has 0 aliphatic carbocycles. The maximum absolute atomic E-state index is 5.36. The Morgan fingerprint density at radius 1 is 1.43 bits per heavy atom. The van der Waals surface area contributed by atoms with Crippen LogP contribution in [-0.4, -0.2) is 27.2 Å².